The third kappa shape index (κ3) is 4.12. The highest BCUT2D eigenvalue weighted by Crippen LogP contribution is 2.61. The molecule has 0 bridgehead atoms. The minimum Gasteiger partial charge on any atom is -0.458 e. The Bertz CT molecular complexity index is 1180. The number of nitrogens with zero attached hydrogens (tertiary/aromatic N) is 1. The third-order valence-electron chi connectivity index (χ3n) is 8.62. The second kappa shape index (κ2) is 10.2. The average Bonchev–Trinajstić information content (AvgIpc) is 3.13. The Morgan fingerprint density at radius 2 is 1.79 bits per heavy atom. The fraction of sp³-hybridized carbons (Fsp3) is 0.552. The molecule has 4 aliphatic rings. The number of carbonyl (C=O) groups is 5. The first-order valence-electron chi connectivity index (χ1n) is 12.9. The Hall–Kier alpha value is -3.17. The van der Waals surface area contributed by atoms with Gasteiger partial charge in [-0.3, -0.25) is 24.1 Å². The minimum absolute atomic E-state index is 0.0216. The second-order valence-electron chi connectivity index (χ2n) is 10.9. The number of ether oxygens (including phenoxy) is 3. The van der Waals surface area contributed by atoms with Crippen molar-refractivity contribution in [2.45, 2.75) is 52.2 Å². The molecular weight excluding hydrogens is 490 g/mol. The van der Waals surface area contributed by atoms with E-state index in [1.807, 2.05) is 4.90 Å². The van der Waals surface area contributed by atoms with Crippen LogP contribution in [0, 0.1) is 16.7 Å². The molecule has 204 valence electrons. The topological polar surface area (TPSA) is 116 Å². The predicted octanol–water partition coefficient (Wildman–Crippen LogP) is 2.30. The minimum atomic E-state index is -1.30. The van der Waals surface area contributed by atoms with Crippen LogP contribution >= 0.6 is 0 Å². The highest BCUT2D eigenvalue weighted by atomic mass is 16.6. The molecule has 0 saturated heterocycles. The number of allylic oxidation sites excluding steroid dienone is 1. The van der Waals surface area contributed by atoms with Gasteiger partial charge in [-0.2, -0.15) is 0 Å². The first-order valence-corrected chi connectivity index (χ1v) is 12.9. The molecule has 5 atom stereocenters. The summed E-state index contributed by atoms with van der Waals surface area (Å²) in [6.45, 7) is 13.1. The quantitative estimate of drug-likeness (QED) is 0.254. The van der Waals surface area contributed by atoms with Crippen LogP contribution in [-0.4, -0.2) is 79.7 Å². The molecule has 4 rings (SSSR count). The molecular formula is C29H35NO8. The largest absolute Gasteiger partial charge is 0.458 e. The van der Waals surface area contributed by atoms with E-state index in [1.54, 1.807) is 26.0 Å². The predicted molar refractivity (Wildman–Crippen MR) is 137 cm³/mol. The fourth-order valence-corrected chi connectivity index (χ4v) is 6.94. The Kier molecular flexibility index (Phi) is 7.47. The van der Waals surface area contributed by atoms with Crippen molar-refractivity contribution in [1.82, 2.24) is 4.90 Å². The Labute approximate surface area is 222 Å². The molecule has 0 aromatic rings. The Balaban J connectivity index is 2.03. The number of esters is 2. The van der Waals surface area contributed by atoms with Crippen LogP contribution in [0.25, 0.3) is 0 Å². The number of methoxy groups -OCH3 is 1. The lowest BCUT2D eigenvalue weighted by Crippen LogP contribution is -2.59. The van der Waals surface area contributed by atoms with Crippen LogP contribution in [0.5, 0.6) is 0 Å². The molecule has 1 aliphatic heterocycles. The van der Waals surface area contributed by atoms with E-state index in [1.165, 1.54) is 14.0 Å². The van der Waals surface area contributed by atoms with E-state index >= 15 is 0 Å². The van der Waals surface area contributed by atoms with Gasteiger partial charge in [-0.15, -0.1) is 13.2 Å². The molecule has 9 heteroatoms. The fourth-order valence-electron chi connectivity index (χ4n) is 6.94. The van der Waals surface area contributed by atoms with Crippen LogP contribution in [0.15, 0.2) is 47.6 Å². The second-order valence-corrected chi connectivity index (χ2v) is 10.9. The molecule has 0 aromatic carbocycles. The average molecular weight is 526 g/mol. The lowest BCUT2D eigenvalue weighted by atomic mass is 9.52. The maximum absolute atomic E-state index is 14.0. The van der Waals surface area contributed by atoms with E-state index in [0.29, 0.717) is 25.1 Å². The normalized spacial score (nSPS) is 32.6. The molecule has 1 saturated carbocycles. The molecule has 0 spiro atoms. The maximum atomic E-state index is 14.0. The molecule has 0 N–H and O–H groups in total. The highest BCUT2D eigenvalue weighted by Gasteiger charge is 2.65. The molecule has 1 fully saturated rings. The van der Waals surface area contributed by atoms with Gasteiger partial charge in [-0.25, -0.2) is 4.79 Å². The summed E-state index contributed by atoms with van der Waals surface area (Å²) in [5.74, 6) is -3.34. The number of rotatable bonds is 9. The van der Waals surface area contributed by atoms with Crippen molar-refractivity contribution in [2.75, 3.05) is 33.4 Å². The maximum Gasteiger partial charge on any atom is 0.336 e. The summed E-state index contributed by atoms with van der Waals surface area (Å²) >= 11 is 0. The lowest BCUT2D eigenvalue weighted by Gasteiger charge is -2.53. The Morgan fingerprint density at radius 3 is 2.37 bits per heavy atom. The summed E-state index contributed by atoms with van der Waals surface area (Å²) in [5.41, 5.74) is -1.47. The molecule has 0 radical (unpaired) electrons. The van der Waals surface area contributed by atoms with Gasteiger partial charge in [0.25, 0.3) is 0 Å². The standard InChI is InChI=1S/C29H35NO8/c1-7-11-30(12-8-2)14-17-23-26(34)25(33)22-18-9-10-20(32)28(18,4)13-19(37-16(3)31)24(22)29(23,5)21(15-36-6)38-27(17)35/h7-8,18-19,21H,1-2,9-15H2,3-6H3. The molecule has 3 aliphatic carbocycles. The van der Waals surface area contributed by atoms with Crippen molar-refractivity contribution in [3.05, 3.63) is 47.6 Å². The van der Waals surface area contributed by atoms with E-state index in [-0.39, 0.29) is 48.5 Å². The molecule has 38 heavy (non-hydrogen) atoms. The zero-order valence-electron chi connectivity index (χ0n) is 22.5. The third-order valence-corrected chi connectivity index (χ3v) is 8.62. The van der Waals surface area contributed by atoms with Crippen molar-refractivity contribution in [1.29, 1.82) is 0 Å². The lowest BCUT2D eigenvalue weighted by molar-refractivity contribution is -0.162. The van der Waals surface area contributed by atoms with Gasteiger partial charge in [0, 0.05) is 69.0 Å². The van der Waals surface area contributed by atoms with Gasteiger partial charge in [0.05, 0.1) is 17.6 Å². The number of fused-ring (bicyclic) bond motifs is 4. The van der Waals surface area contributed by atoms with Gasteiger partial charge in [0.1, 0.15) is 18.0 Å². The van der Waals surface area contributed by atoms with Crippen LogP contribution in [-0.2, 0) is 38.2 Å². The number of hydrogen-bond donors (Lipinski definition) is 0. The number of hydrogen-bond acceptors (Lipinski definition) is 9. The van der Waals surface area contributed by atoms with E-state index in [9.17, 15) is 24.0 Å². The molecule has 0 amide bonds. The summed E-state index contributed by atoms with van der Waals surface area (Å²) in [6, 6.07) is 0. The zero-order valence-corrected chi connectivity index (χ0v) is 22.5. The number of ketones is 3. The van der Waals surface area contributed by atoms with Gasteiger partial charge in [-0.1, -0.05) is 19.1 Å². The highest BCUT2D eigenvalue weighted by molar-refractivity contribution is 6.51. The van der Waals surface area contributed by atoms with Crippen molar-refractivity contribution >= 4 is 29.3 Å². The SMILES string of the molecule is C=CCN(CC=C)CC1=C2C(=O)C(=O)C3=C(C(OC(C)=O)CC4(C)C(=O)CCC34)C2(C)C(COC)OC1=O. The first kappa shape index (κ1) is 27.9. The first-order chi connectivity index (χ1) is 17.9. The molecule has 1 heterocycles. The van der Waals surface area contributed by atoms with Crippen LogP contribution in [0.2, 0.25) is 0 Å². The van der Waals surface area contributed by atoms with E-state index < -0.39 is 52.5 Å². The van der Waals surface area contributed by atoms with Crippen LogP contribution in [0.3, 0.4) is 0 Å². The van der Waals surface area contributed by atoms with Gasteiger partial charge >= 0.3 is 11.9 Å². The number of cyclic esters (lactones) is 1. The summed E-state index contributed by atoms with van der Waals surface area (Å²) in [5, 5.41) is 0. The van der Waals surface area contributed by atoms with Gasteiger partial charge in [0.15, 0.2) is 0 Å². The molecule has 5 unspecified atom stereocenters. The van der Waals surface area contributed by atoms with Crippen molar-refractivity contribution < 1.29 is 38.2 Å². The van der Waals surface area contributed by atoms with Crippen molar-refractivity contribution in [3.8, 4) is 0 Å². The van der Waals surface area contributed by atoms with Crippen LogP contribution in [0.4, 0.5) is 0 Å². The summed E-state index contributed by atoms with van der Waals surface area (Å²) in [6.07, 6.45) is 2.31. The van der Waals surface area contributed by atoms with E-state index in [2.05, 4.69) is 13.2 Å². The summed E-state index contributed by atoms with van der Waals surface area (Å²) in [4.78, 5) is 68.4. The molecule has 0 aromatic heterocycles. The zero-order chi connectivity index (χ0) is 28.0. The van der Waals surface area contributed by atoms with Crippen molar-refractivity contribution in [3.63, 3.8) is 0 Å². The van der Waals surface area contributed by atoms with Gasteiger partial charge in [-0.05, 0) is 18.9 Å². The van der Waals surface area contributed by atoms with Gasteiger partial charge in [0.2, 0.25) is 11.6 Å². The van der Waals surface area contributed by atoms with Gasteiger partial charge < -0.3 is 14.2 Å². The van der Waals surface area contributed by atoms with E-state index in [0.717, 1.165) is 0 Å². The molecule has 9 nitrogen and oxygen atoms in total. The number of carbonyl (C=O) groups excluding carboxylic acids is 5. The Morgan fingerprint density at radius 1 is 1.13 bits per heavy atom. The summed E-state index contributed by atoms with van der Waals surface area (Å²) in [7, 11) is 1.45. The van der Waals surface area contributed by atoms with E-state index in [4.69, 9.17) is 14.2 Å². The monoisotopic (exact) mass is 525 g/mol. The summed E-state index contributed by atoms with van der Waals surface area (Å²) < 4.78 is 17.1. The van der Waals surface area contributed by atoms with Crippen molar-refractivity contribution in [2.24, 2.45) is 16.7 Å². The number of Topliss-reactive ketones (excluding diaryl/α,β-unsaturated/α-hetero) is 3. The van der Waals surface area contributed by atoms with Crippen LogP contribution in [0.1, 0.15) is 40.0 Å². The van der Waals surface area contributed by atoms with Crippen LogP contribution < -0.4 is 0 Å². The smallest absolute Gasteiger partial charge is 0.336 e.